The number of thiophene rings is 1. The van der Waals surface area contributed by atoms with Gasteiger partial charge in [0.2, 0.25) is 5.82 Å². The van der Waals surface area contributed by atoms with Crippen LogP contribution in [0.2, 0.25) is 0 Å². The van der Waals surface area contributed by atoms with Crippen molar-refractivity contribution in [3.8, 4) is 10.4 Å². The van der Waals surface area contributed by atoms with Crippen LogP contribution in [-0.4, -0.2) is 11.1 Å². The molecule has 0 radical (unpaired) electrons. The van der Waals surface area contributed by atoms with Gasteiger partial charge in [0.1, 0.15) is 4.88 Å². The van der Waals surface area contributed by atoms with Crippen LogP contribution in [0.3, 0.4) is 0 Å². The van der Waals surface area contributed by atoms with Gasteiger partial charge in [-0.25, -0.2) is 26.7 Å². The Hall–Kier alpha value is -2.16. The van der Waals surface area contributed by atoms with E-state index in [2.05, 4.69) is 0 Å². The molecule has 0 amide bonds. The van der Waals surface area contributed by atoms with Crippen molar-refractivity contribution in [3.63, 3.8) is 0 Å². The van der Waals surface area contributed by atoms with Crippen molar-refractivity contribution in [2.45, 2.75) is 0 Å². The summed E-state index contributed by atoms with van der Waals surface area (Å²) in [6.07, 6.45) is 0. The van der Waals surface area contributed by atoms with Crippen LogP contribution in [-0.2, 0) is 0 Å². The van der Waals surface area contributed by atoms with Gasteiger partial charge in [0.15, 0.2) is 23.3 Å². The van der Waals surface area contributed by atoms with Crippen LogP contribution in [0.5, 0.6) is 0 Å². The number of carbonyl (C=O) groups is 1. The monoisotopic (exact) mass is 309 g/mol. The molecule has 1 heterocycles. The number of nitrogen functional groups attached to an aromatic ring is 1. The minimum absolute atomic E-state index is 0.312. The molecule has 0 aliphatic heterocycles. The summed E-state index contributed by atoms with van der Waals surface area (Å²) in [5, 5.41) is 8.75. The Morgan fingerprint density at radius 3 is 1.85 bits per heavy atom. The molecule has 1 aromatic heterocycles. The smallest absolute Gasteiger partial charge is 0.348 e. The molecular formula is C11H4F5NO2S. The minimum atomic E-state index is -2.29. The zero-order chi connectivity index (χ0) is 15.2. The number of anilines is 1. The van der Waals surface area contributed by atoms with Crippen LogP contribution in [0, 0.1) is 29.1 Å². The summed E-state index contributed by atoms with van der Waals surface area (Å²) < 4.78 is 66.0. The van der Waals surface area contributed by atoms with Gasteiger partial charge in [-0.15, -0.1) is 11.3 Å². The van der Waals surface area contributed by atoms with E-state index < -0.39 is 50.4 Å². The number of aromatic carboxylic acids is 1. The first-order valence-corrected chi connectivity index (χ1v) is 5.71. The van der Waals surface area contributed by atoms with Crippen molar-refractivity contribution in [3.05, 3.63) is 40.0 Å². The van der Waals surface area contributed by atoms with E-state index in [1.165, 1.54) is 0 Å². The molecule has 0 fully saturated rings. The van der Waals surface area contributed by atoms with Crippen molar-refractivity contribution >= 4 is 23.0 Å². The first kappa shape index (κ1) is 14.3. The quantitative estimate of drug-likeness (QED) is 0.508. The maximum Gasteiger partial charge on any atom is 0.348 e. The summed E-state index contributed by atoms with van der Waals surface area (Å²) in [6, 6.07) is 0.840. The molecule has 3 nitrogen and oxygen atoms in total. The molecule has 0 aliphatic rings. The number of hydrogen-bond acceptors (Lipinski definition) is 3. The molecule has 0 unspecified atom stereocenters. The van der Waals surface area contributed by atoms with Gasteiger partial charge in [-0.3, -0.25) is 0 Å². The summed E-state index contributed by atoms with van der Waals surface area (Å²) in [5.74, 6) is -12.1. The van der Waals surface area contributed by atoms with Crippen LogP contribution in [0.15, 0.2) is 6.07 Å². The summed E-state index contributed by atoms with van der Waals surface area (Å²) in [6.45, 7) is 0. The second kappa shape index (κ2) is 4.75. The zero-order valence-electron chi connectivity index (χ0n) is 9.31. The van der Waals surface area contributed by atoms with E-state index in [1.807, 2.05) is 0 Å². The van der Waals surface area contributed by atoms with Gasteiger partial charge in [0, 0.05) is 4.88 Å². The Morgan fingerprint density at radius 2 is 1.45 bits per heavy atom. The van der Waals surface area contributed by atoms with E-state index in [1.54, 1.807) is 0 Å². The van der Waals surface area contributed by atoms with E-state index >= 15 is 0 Å². The van der Waals surface area contributed by atoms with Gasteiger partial charge in [-0.2, -0.15) is 0 Å². The fourth-order valence-electron chi connectivity index (χ4n) is 1.52. The Morgan fingerprint density at radius 1 is 1.00 bits per heavy atom. The van der Waals surface area contributed by atoms with Gasteiger partial charge in [-0.1, -0.05) is 0 Å². The maximum absolute atomic E-state index is 13.5. The largest absolute Gasteiger partial charge is 0.477 e. The molecule has 0 aliphatic carbocycles. The van der Waals surface area contributed by atoms with Crippen molar-refractivity contribution < 1.29 is 31.9 Å². The molecule has 0 spiro atoms. The molecule has 2 rings (SSSR count). The molecule has 0 bridgehead atoms. The molecular weight excluding hydrogens is 305 g/mol. The number of carboxylic acids is 1. The van der Waals surface area contributed by atoms with Gasteiger partial charge >= 0.3 is 5.97 Å². The maximum atomic E-state index is 13.5. The average molecular weight is 309 g/mol. The third-order valence-electron chi connectivity index (χ3n) is 2.41. The highest BCUT2D eigenvalue weighted by atomic mass is 32.1. The molecule has 0 saturated heterocycles. The summed E-state index contributed by atoms with van der Waals surface area (Å²) >= 11 is 0.312. The van der Waals surface area contributed by atoms with Crippen LogP contribution in [0.1, 0.15) is 9.67 Å². The van der Waals surface area contributed by atoms with Gasteiger partial charge < -0.3 is 10.8 Å². The molecule has 9 heteroatoms. The lowest BCUT2D eigenvalue weighted by Gasteiger charge is -2.05. The number of benzene rings is 1. The molecule has 106 valence electrons. The number of carboxylic acid groups (broad SMARTS) is 1. The molecule has 2 aromatic rings. The first-order valence-electron chi connectivity index (χ1n) is 4.90. The Bertz CT molecular complexity index is 699. The fraction of sp³-hybridized carbons (Fsp3) is 0. The Labute approximate surface area is 112 Å². The fourth-order valence-corrected chi connectivity index (χ4v) is 2.47. The molecule has 0 atom stereocenters. The topological polar surface area (TPSA) is 63.3 Å². The normalized spacial score (nSPS) is 10.8. The summed E-state index contributed by atoms with van der Waals surface area (Å²) in [7, 11) is 0. The lowest BCUT2D eigenvalue weighted by Crippen LogP contribution is -2.03. The highest BCUT2D eigenvalue weighted by Gasteiger charge is 2.28. The van der Waals surface area contributed by atoms with Crippen molar-refractivity contribution in [2.24, 2.45) is 0 Å². The predicted octanol–water partition coefficient (Wildman–Crippen LogP) is 3.39. The van der Waals surface area contributed by atoms with Crippen LogP contribution >= 0.6 is 11.3 Å². The third-order valence-corrected chi connectivity index (χ3v) is 3.57. The lowest BCUT2D eigenvalue weighted by molar-refractivity contribution is 0.0703. The molecule has 3 N–H and O–H groups in total. The number of rotatable bonds is 2. The van der Waals surface area contributed by atoms with Crippen molar-refractivity contribution in [2.75, 3.05) is 5.73 Å². The van der Waals surface area contributed by atoms with Crippen LogP contribution < -0.4 is 5.73 Å². The van der Waals surface area contributed by atoms with Crippen molar-refractivity contribution in [1.82, 2.24) is 0 Å². The van der Waals surface area contributed by atoms with Gasteiger partial charge in [0.25, 0.3) is 0 Å². The number of nitrogens with two attached hydrogens (primary N) is 1. The molecule has 20 heavy (non-hydrogen) atoms. The molecule has 1 aromatic carbocycles. The summed E-state index contributed by atoms with van der Waals surface area (Å²) in [5.41, 5.74) is 3.77. The highest BCUT2D eigenvalue weighted by Crippen LogP contribution is 2.38. The second-order valence-corrected chi connectivity index (χ2v) is 4.70. The first-order chi connectivity index (χ1) is 9.25. The third kappa shape index (κ3) is 1.99. The van der Waals surface area contributed by atoms with E-state index in [-0.39, 0.29) is 5.69 Å². The van der Waals surface area contributed by atoms with E-state index in [0.717, 1.165) is 6.07 Å². The summed E-state index contributed by atoms with van der Waals surface area (Å²) in [4.78, 5) is 9.84. The van der Waals surface area contributed by atoms with Gasteiger partial charge in [0.05, 0.1) is 11.3 Å². The Kier molecular flexibility index (Phi) is 3.38. The van der Waals surface area contributed by atoms with E-state index in [4.69, 9.17) is 10.8 Å². The Balaban J connectivity index is 2.77. The van der Waals surface area contributed by atoms with E-state index in [0.29, 0.717) is 11.3 Å². The lowest BCUT2D eigenvalue weighted by atomic mass is 10.1. The standard InChI is InChI=1S/C11H4F5NO2S/c12-5-4(6(13)8(15)9(16)7(5)14)3-1-2(17)10(20-3)11(18)19/h1H,17H2,(H,18,19). The zero-order valence-corrected chi connectivity index (χ0v) is 10.1. The number of hydrogen-bond donors (Lipinski definition) is 2. The van der Waals surface area contributed by atoms with Crippen LogP contribution in [0.4, 0.5) is 27.6 Å². The second-order valence-electron chi connectivity index (χ2n) is 3.65. The van der Waals surface area contributed by atoms with Gasteiger partial charge in [-0.05, 0) is 6.07 Å². The predicted molar refractivity (Wildman–Crippen MR) is 60.9 cm³/mol. The van der Waals surface area contributed by atoms with Crippen molar-refractivity contribution in [1.29, 1.82) is 0 Å². The minimum Gasteiger partial charge on any atom is -0.477 e. The van der Waals surface area contributed by atoms with E-state index in [9.17, 15) is 26.7 Å². The van der Waals surface area contributed by atoms with Crippen LogP contribution in [0.25, 0.3) is 10.4 Å². The average Bonchev–Trinajstić information content (AvgIpc) is 2.76. The SMILES string of the molecule is Nc1cc(-c2c(F)c(F)c(F)c(F)c2F)sc1C(=O)O. The highest BCUT2D eigenvalue weighted by molar-refractivity contribution is 7.17. The molecule has 0 saturated carbocycles. The number of halogens is 5.